The Hall–Kier alpha value is -0.370. The summed E-state index contributed by atoms with van der Waals surface area (Å²) in [5, 5.41) is 0. The molecule has 0 aromatic heterocycles. The molecule has 0 saturated heterocycles. The van der Waals surface area contributed by atoms with Gasteiger partial charge in [0.25, 0.3) is 0 Å². The van der Waals surface area contributed by atoms with Crippen molar-refractivity contribution in [1.29, 1.82) is 0 Å². The van der Waals surface area contributed by atoms with Crippen LogP contribution in [0.2, 0.25) is 0 Å². The highest BCUT2D eigenvalue weighted by molar-refractivity contribution is 5.88. The molecule has 0 amide bonds. The lowest BCUT2D eigenvalue weighted by atomic mass is 9.89. The van der Waals surface area contributed by atoms with Gasteiger partial charge in [0.15, 0.2) is 0 Å². The molecule has 2 atom stereocenters. The summed E-state index contributed by atoms with van der Waals surface area (Å²) in [7, 11) is 2.13. The van der Waals surface area contributed by atoms with E-state index in [4.69, 9.17) is 0 Å². The molecule has 1 aliphatic rings. The maximum absolute atomic E-state index is 12.0. The summed E-state index contributed by atoms with van der Waals surface area (Å²) in [4.78, 5) is 14.4. The van der Waals surface area contributed by atoms with Crippen LogP contribution in [-0.4, -0.2) is 30.3 Å². The van der Waals surface area contributed by atoms with Crippen LogP contribution in [0, 0.1) is 11.3 Å². The second-order valence-corrected chi connectivity index (χ2v) is 5.68. The average molecular weight is 211 g/mol. The first kappa shape index (κ1) is 12.7. The third-order valence-corrected chi connectivity index (χ3v) is 4.01. The smallest absolute Gasteiger partial charge is 0.142 e. The molecule has 1 rings (SSSR count). The summed E-state index contributed by atoms with van der Waals surface area (Å²) in [5.41, 5.74) is -0.0685. The summed E-state index contributed by atoms with van der Waals surface area (Å²) >= 11 is 0. The molecule has 2 unspecified atom stereocenters. The number of carbonyl (C=O) groups excluding carboxylic acids is 1. The van der Waals surface area contributed by atoms with Crippen molar-refractivity contribution in [3.05, 3.63) is 0 Å². The zero-order valence-corrected chi connectivity index (χ0v) is 10.8. The SMILES string of the molecule is CCC(C)N(C)CC1CCC(C)(C)C1=O. The van der Waals surface area contributed by atoms with Crippen LogP contribution in [0.25, 0.3) is 0 Å². The quantitative estimate of drug-likeness (QED) is 0.712. The van der Waals surface area contributed by atoms with Crippen molar-refractivity contribution in [3.8, 4) is 0 Å². The van der Waals surface area contributed by atoms with Gasteiger partial charge in [0.2, 0.25) is 0 Å². The van der Waals surface area contributed by atoms with E-state index in [0.29, 0.717) is 11.8 Å². The molecule has 0 aliphatic heterocycles. The molecule has 15 heavy (non-hydrogen) atoms. The summed E-state index contributed by atoms with van der Waals surface area (Å²) in [6, 6.07) is 0.585. The molecule has 1 aliphatic carbocycles. The van der Waals surface area contributed by atoms with Crippen LogP contribution < -0.4 is 0 Å². The van der Waals surface area contributed by atoms with Gasteiger partial charge in [-0.3, -0.25) is 4.79 Å². The van der Waals surface area contributed by atoms with Gasteiger partial charge in [-0.2, -0.15) is 0 Å². The zero-order chi connectivity index (χ0) is 11.6. The highest BCUT2D eigenvalue weighted by atomic mass is 16.1. The fourth-order valence-corrected chi connectivity index (χ4v) is 2.36. The molecule has 2 nitrogen and oxygen atoms in total. The topological polar surface area (TPSA) is 20.3 Å². The van der Waals surface area contributed by atoms with Crippen molar-refractivity contribution < 1.29 is 4.79 Å². The Morgan fingerprint density at radius 2 is 2.13 bits per heavy atom. The van der Waals surface area contributed by atoms with Crippen LogP contribution in [-0.2, 0) is 4.79 Å². The molecule has 1 saturated carbocycles. The van der Waals surface area contributed by atoms with Gasteiger partial charge in [-0.05, 0) is 33.2 Å². The molecular weight excluding hydrogens is 186 g/mol. The monoisotopic (exact) mass is 211 g/mol. The van der Waals surface area contributed by atoms with E-state index in [1.54, 1.807) is 0 Å². The summed E-state index contributed by atoms with van der Waals surface area (Å²) in [6.45, 7) is 9.53. The molecule has 0 heterocycles. The molecule has 0 bridgehead atoms. The van der Waals surface area contributed by atoms with Crippen molar-refractivity contribution in [2.45, 2.75) is 53.0 Å². The minimum atomic E-state index is -0.0685. The van der Waals surface area contributed by atoms with Crippen LogP contribution in [0.15, 0.2) is 0 Å². The second kappa shape index (κ2) is 4.65. The Bertz CT molecular complexity index is 235. The van der Waals surface area contributed by atoms with E-state index in [9.17, 15) is 4.79 Å². The van der Waals surface area contributed by atoms with E-state index in [1.807, 2.05) is 0 Å². The van der Waals surface area contributed by atoms with Crippen molar-refractivity contribution in [2.75, 3.05) is 13.6 Å². The fraction of sp³-hybridized carbons (Fsp3) is 0.923. The van der Waals surface area contributed by atoms with E-state index in [-0.39, 0.29) is 11.3 Å². The largest absolute Gasteiger partial charge is 0.303 e. The van der Waals surface area contributed by atoms with Gasteiger partial charge >= 0.3 is 0 Å². The minimum absolute atomic E-state index is 0.0685. The van der Waals surface area contributed by atoms with Crippen molar-refractivity contribution in [1.82, 2.24) is 4.90 Å². The van der Waals surface area contributed by atoms with Gasteiger partial charge in [0.05, 0.1) is 0 Å². The summed E-state index contributed by atoms with van der Waals surface area (Å²) in [5.74, 6) is 0.747. The predicted molar refractivity (Wildman–Crippen MR) is 63.9 cm³/mol. The Morgan fingerprint density at radius 1 is 1.53 bits per heavy atom. The lowest BCUT2D eigenvalue weighted by Crippen LogP contribution is -2.36. The van der Waals surface area contributed by atoms with E-state index in [2.05, 4.69) is 39.6 Å². The van der Waals surface area contributed by atoms with E-state index >= 15 is 0 Å². The van der Waals surface area contributed by atoms with Gasteiger partial charge in [-0.25, -0.2) is 0 Å². The number of hydrogen-bond acceptors (Lipinski definition) is 2. The molecule has 1 fully saturated rings. The Kier molecular flexibility index (Phi) is 3.93. The van der Waals surface area contributed by atoms with Crippen LogP contribution in [0.5, 0.6) is 0 Å². The number of Topliss-reactive ketones (excluding diaryl/α,β-unsaturated/α-hetero) is 1. The van der Waals surface area contributed by atoms with Gasteiger partial charge in [-0.15, -0.1) is 0 Å². The summed E-state index contributed by atoms with van der Waals surface area (Å²) < 4.78 is 0. The highest BCUT2D eigenvalue weighted by Crippen LogP contribution is 2.37. The van der Waals surface area contributed by atoms with Gasteiger partial charge in [0.1, 0.15) is 5.78 Å². The zero-order valence-electron chi connectivity index (χ0n) is 10.8. The number of carbonyl (C=O) groups is 1. The Labute approximate surface area is 94.0 Å². The Balaban J connectivity index is 2.51. The first-order chi connectivity index (χ1) is 6.88. The maximum atomic E-state index is 12.0. The third kappa shape index (κ3) is 2.81. The van der Waals surface area contributed by atoms with E-state index in [0.717, 1.165) is 25.8 Å². The lowest BCUT2D eigenvalue weighted by molar-refractivity contribution is -0.128. The predicted octanol–water partition coefficient (Wildman–Crippen LogP) is 2.72. The normalized spacial score (nSPS) is 27.3. The van der Waals surface area contributed by atoms with E-state index < -0.39 is 0 Å². The molecule has 88 valence electrons. The van der Waals surface area contributed by atoms with Crippen LogP contribution >= 0.6 is 0 Å². The van der Waals surface area contributed by atoms with Gasteiger partial charge in [0, 0.05) is 23.9 Å². The first-order valence-corrected chi connectivity index (χ1v) is 6.13. The van der Waals surface area contributed by atoms with Crippen molar-refractivity contribution in [2.24, 2.45) is 11.3 Å². The number of ketones is 1. The third-order valence-electron chi connectivity index (χ3n) is 4.01. The van der Waals surface area contributed by atoms with E-state index in [1.165, 1.54) is 0 Å². The molecular formula is C13H25NO. The minimum Gasteiger partial charge on any atom is -0.303 e. The summed E-state index contributed by atoms with van der Waals surface area (Å²) in [6.07, 6.45) is 3.29. The fourth-order valence-electron chi connectivity index (χ4n) is 2.36. The molecule has 0 aromatic carbocycles. The molecule has 0 radical (unpaired) electrons. The van der Waals surface area contributed by atoms with Gasteiger partial charge < -0.3 is 4.90 Å². The molecule has 0 aromatic rings. The van der Waals surface area contributed by atoms with Crippen molar-refractivity contribution >= 4 is 5.78 Å². The Morgan fingerprint density at radius 3 is 2.53 bits per heavy atom. The average Bonchev–Trinajstić information content (AvgIpc) is 2.44. The van der Waals surface area contributed by atoms with Crippen molar-refractivity contribution in [3.63, 3.8) is 0 Å². The van der Waals surface area contributed by atoms with Crippen LogP contribution in [0.4, 0.5) is 0 Å². The first-order valence-electron chi connectivity index (χ1n) is 6.13. The number of rotatable bonds is 4. The molecule has 2 heteroatoms. The lowest BCUT2D eigenvalue weighted by Gasteiger charge is -2.26. The maximum Gasteiger partial charge on any atom is 0.142 e. The van der Waals surface area contributed by atoms with Gasteiger partial charge in [-0.1, -0.05) is 20.8 Å². The highest BCUT2D eigenvalue weighted by Gasteiger charge is 2.40. The van der Waals surface area contributed by atoms with Crippen LogP contribution in [0.1, 0.15) is 47.0 Å². The second-order valence-electron chi connectivity index (χ2n) is 5.68. The number of nitrogens with zero attached hydrogens (tertiary/aromatic N) is 1. The molecule has 0 N–H and O–H groups in total. The van der Waals surface area contributed by atoms with Crippen LogP contribution in [0.3, 0.4) is 0 Å². The number of hydrogen-bond donors (Lipinski definition) is 0. The standard InChI is InChI=1S/C13H25NO/c1-6-10(2)14(5)9-11-7-8-13(3,4)12(11)15/h10-11H,6-9H2,1-5H3. The molecule has 0 spiro atoms.